The van der Waals surface area contributed by atoms with Crippen molar-refractivity contribution in [2.24, 2.45) is 0 Å². The monoisotopic (exact) mass is 1080 g/mol. The zero-order valence-corrected chi connectivity index (χ0v) is 45.5. The van der Waals surface area contributed by atoms with Gasteiger partial charge in [-0.15, -0.1) is 0 Å². The minimum atomic E-state index is -1.98. The van der Waals surface area contributed by atoms with Crippen molar-refractivity contribution < 1.29 is 89.4 Å². The van der Waals surface area contributed by atoms with Crippen LogP contribution in [-0.4, -0.2) is 193 Å². The van der Waals surface area contributed by atoms with Gasteiger partial charge in [0.15, 0.2) is 18.9 Å². The van der Waals surface area contributed by atoms with E-state index in [0.29, 0.717) is 12.8 Å². The summed E-state index contributed by atoms with van der Waals surface area (Å²) in [5.41, 5.74) is 0. The van der Waals surface area contributed by atoms with Gasteiger partial charge < -0.3 is 89.9 Å². The molecule has 3 heterocycles. The minimum Gasteiger partial charge on any atom is -0.394 e. The fourth-order valence-corrected chi connectivity index (χ4v) is 9.91. The van der Waals surface area contributed by atoms with E-state index in [1.165, 1.54) is 122 Å². The van der Waals surface area contributed by atoms with Gasteiger partial charge in [-0.1, -0.05) is 179 Å². The van der Waals surface area contributed by atoms with E-state index in [0.717, 1.165) is 38.5 Å². The van der Waals surface area contributed by atoms with Crippen LogP contribution >= 0.6 is 0 Å². The third-order valence-corrected chi connectivity index (χ3v) is 14.8. The van der Waals surface area contributed by atoms with Crippen molar-refractivity contribution in [1.29, 1.82) is 0 Å². The molecule has 1 amide bonds. The average molecular weight is 1080 g/mol. The van der Waals surface area contributed by atoms with Gasteiger partial charge in [0.25, 0.3) is 0 Å². The van der Waals surface area contributed by atoms with Crippen molar-refractivity contribution in [1.82, 2.24) is 5.32 Å². The zero-order chi connectivity index (χ0) is 54.8. The molecule has 3 aliphatic heterocycles. The molecule has 3 saturated heterocycles. The number of allylic oxidation sites excluding steroid dienone is 3. The highest BCUT2D eigenvalue weighted by atomic mass is 16.8. The van der Waals surface area contributed by atoms with Crippen molar-refractivity contribution in [2.75, 3.05) is 26.4 Å². The highest BCUT2D eigenvalue weighted by molar-refractivity contribution is 5.76. The second-order valence-corrected chi connectivity index (χ2v) is 21.1. The molecule has 0 aromatic carbocycles. The Bertz CT molecular complexity index is 1480. The zero-order valence-electron chi connectivity index (χ0n) is 45.5. The van der Waals surface area contributed by atoms with E-state index in [1.807, 2.05) is 6.08 Å². The number of hydrogen-bond donors (Lipinski definition) is 12. The predicted octanol–water partition coefficient (Wildman–Crippen LogP) is 4.37. The van der Waals surface area contributed by atoms with Crippen LogP contribution < -0.4 is 5.32 Å². The fraction of sp³-hybridized carbons (Fsp3) is 0.911. The van der Waals surface area contributed by atoms with Gasteiger partial charge in [0.2, 0.25) is 5.91 Å². The molecule has 440 valence electrons. The lowest BCUT2D eigenvalue weighted by Gasteiger charge is -2.48. The number of unbranched alkanes of at least 4 members (excludes halogenated alkanes) is 24. The molecule has 0 aromatic heterocycles. The first-order chi connectivity index (χ1) is 36.3. The van der Waals surface area contributed by atoms with Gasteiger partial charge in [0.1, 0.15) is 73.2 Å². The molecule has 75 heavy (non-hydrogen) atoms. The van der Waals surface area contributed by atoms with Gasteiger partial charge in [0.05, 0.1) is 38.6 Å². The van der Waals surface area contributed by atoms with Gasteiger partial charge in [-0.25, -0.2) is 0 Å². The van der Waals surface area contributed by atoms with Crippen LogP contribution in [0.4, 0.5) is 0 Å². The number of amides is 1. The molecule has 19 heteroatoms. The lowest BCUT2D eigenvalue weighted by Crippen LogP contribution is -2.66. The lowest BCUT2D eigenvalue weighted by atomic mass is 9.96. The number of hydrogen-bond acceptors (Lipinski definition) is 18. The molecule has 0 aromatic rings. The molecule has 0 radical (unpaired) electrons. The van der Waals surface area contributed by atoms with Gasteiger partial charge in [-0.05, 0) is 32.1 Å². The molecule has 0 bridgehead atoms. The molecule has 19 nitrogen and oxygen atoms in total. The minimum absolute atomic E-state index is 0.239. The summed E-state index contributed by atoms with van der Waals surface area (Å²) in [6.07, 6.45) is 13.1. The SMILES string of the molecule is CCCCCCCCCCC/C=C/CC/C=C/C(O)C(COC1OC(CO)C(OC2OC(CO)C(OC3OC(CO)C(O)C(O)C3O)C(O)C2O)C(O)C1O)NC(=O)CCCCCCCCCCCCCCCCC. The lowest BCUT2D eigenvalue weighted by molar-refractivity contribution is -0.379. The summed E-state index contributed by atoms with van der Waals surface area (Å²) >= 11 is 0. The Balaban J connectivity index is 1.54. The molecular weight excluding hydrogens is 975 g/mol. The van der Waals surface area contributed by atoms with Crippen LogP contribution in [0, 0.1) is 0 Å². The van der Waals surface area contributed by atoms with Gasteiger partial charge in [-0.3, -0.25) is 4.79 Å². The van der Waals surface area contributed by atoms with E-state index in [-0.39, 0.29) is 18.9 Å². The van der Waals surface area contributed by atoms with Crippen LogP contribution in [0.5, 0.6) is 0 Å². The first-order valence-electron chi connectivity index (χ1n) is 29.1. The van der Waals surface area contributed by atoms with Gasteiger partial charge >= 0.3 is 0 Å². The molecule has 0 spiro atoms. The Morgan fingerprint density at radius 1 is 0.467 bits per heavy atom. The van der Waals surface area contributed by atoms with Gasteiger partial charge in [-0.2, -0.15) is 0 Å². The predicted molar refractivity (Wildman–Crippen MR) is 282 cm³/mol. The van der Waals surface area contributed by atoms with Crippen LogP contribution in [-0.2, 0) is 33.2 Å². The number of carbonyl (C=O) groups is 1. The Labute approximate surface area is 448 Å². The van der Waals surface area contributed by atoms with Crippen molar-refractivity contribution in [2.45, 2.75) is 298 Å². The second kappa shape index (κ2) is 40.4. The number of carbonyl (C=O) groups excluding carboxylic acids is 1. The third-order valence-electron chi connectivity index (χ3n) is 14.8. The maximum absolute atomic E-state index is 13.3. The van der Waals surface area contributed by atoms with Crippen LogP contribution in [0.3, 0.4) is 0 Å². The van der Waals surface area contributed by atoms with E-state index in [2.05, 4.69) is 31.3 Å². The highest BCUT2D eigenvalue weighted by Crippen LogP contribution is 2.33. The Morgan fingerprint density at radius 2 is 0.853 bits per heavy atom. The number of aliphatic hydroxyl groups is 11. The molecule has 0 aliphatic carbocycles. The first-order valence-corrected chi connectivity index (χ1v) is 29.1. The summed E-state index contributed by atoms with van der Waals surface area (Å²) in [5.74, 6) is -0.285. The summed E-state index contributed by atoms with van der Waals surface area (Å²) < 4.78 is 34.2. The second-order valence-electron chi connectivity index (χ2n) is 21.1. The Morgan fingerprint density at radius 3 is 1.33 bits per heavy atom. The summed E-state index contributed by atoms with van der Waals surface area (Å²) in [7, 11) is 0. The van der Waals surface area contributed by atoms with E-state index in [9.17, 15) is 61.0 Å². The van der Waals surface area contributed by atoms with E-state index in [1.54, 1.807) is 6.08 Å². The van der Waals surface area contributed by atoms with E-state index >= 15 is 0 Å². The highest BCUT2D eigenvalue weighted by Gasteiger charge is 2.53. The normalized spacial score (nSPS) is 31.3. The van der Waals surface area contributed by atoms with Crippen molar-refractivity contribution >= 4 is 5.91 Å². The largest absolute Gasteiger partial charge is 0.394 e. The topological polar surface area (TPSA) is 307 Å². The number of aliphatic hydroxyl groups excluding tert-OH is 11. The Hall–Kier alpha value is -1.73. The molecule has 17 atom stereocenters. The quantitative estimate of drug-likeness (QED) is 0.0298. The smallest absolute Gasteiger partial charge is 0.220 e. The number of nitrogens with one attached hydrogen (secondary N) is 1. The van der Waals surface area contributed by atoms with Crippen molar-refractivity contribution in [3.63, 3.8) is 0 Å². The standard InChI is InChI=1S/C56H103NO18/c1-3-5-7-9-11-13-15-17-19-21-23-25-27-29-31-33-40(61)39(57-44(62)34-32-30-28-26-24-22-20-18-16-14-12-10-8-6-4-2)38-70-54-50(68)47(65)52(42(36-59)72-54)75-56-51(69)48(66)53(43(37-60)73-56)74-55-49(67)46(64)45(63)41(35-58)71-55/h23,25,31,33,39-43,45-56,58-61,63-69H,3-22,24,26-30,32,34-38H2,1-2H3,(H,57,62)/b25-23+,33-31+. The summed E-state index contributed by atoms with van der Waals surface area (Å²) in [5, 5.41) is 120. The first kappa shape index (κ1) is 67.5. The van der Waals surface area contributed by atoms with Crippen LogP contribution in [0.2, 0.25) is 0 Å². The van der Waals surface area contributed by atoms with Crippen LogP contribution in [0.25, 0.3) is 0 Å². The van der Waals surface area contributed by atoms with E-state index in [4.69, 9.17) is 28.4 Å². The summed E-state index contributed by atoms with van der Waals surface area (Å²) in [6, 6.07) is -0.984. The summed E-state index contributed by atoms with van der Waals surface area (Å²) in [6.45, 7) is 1.69. The number of ether oxygens (including phenoxy) is 6. The molecular formula is C56H103NO18. The maximum Gasteiger partial charge on any atom is 0.220 e. The molecule has 3 rings (SSSR count). The van der Waals surface area contributed by atoms with Crippen LogP contribution in [0.15, 0.2) is 24.3 Å². The van der Waals surface area contributed by atoms with Crippen molar-refractivity contribution in [3.8, 4) is 0 Å². The molecule has 12 N–H and O–H groups in total. The van der Waals surface area contributed by atoms with Crippen LogP contribution in [0.1, 0.15) is 194 Å². The summed E-state index contributed by atoms with van der Waals surface area (Å²) in [4.78, 5) is 13.3. The molecule has 17 unspecified atom stereocenters. The molecule has 3 fully saturated rings. The average Bonchev–Trinajstić information content (AvgIpc) is 3.41. The van der Waals surface area contributed by atoms with Gasteiger partial charge in [0, 0.05) is 6.42 Å². The maximum atomic E-state index is 13.3. The van der Waals surface area contributed by atoms with Crippen molar-refractivity contribution in [3.05, 3.63) is 24.3 Å². The Kier molecular flexibility index (Phi) is 36.4. The molecule has 0 saturated carbocycles. The third kappa shape index (κ3) is 25.1. The number of rotatable bonds is 42. The molecule has 3 aliphatic rings. The fourth-order valence-electron chi connectivity index (χ4n) is 9.91. The van der Waals surface area contributed by atoms with E-state index < -0.39 is 124 Å².